The summed E-state index contributed by atoms with van der Waals surface area (Å²) in [5.41, 5.74) is -0.633. The summed E-state index contributed by atoms with van der Waals surface area (Å²) in [5.74, 6) is -2.31. The fourth-order valence-corrected chi connectivity index (χ4v) is 8.12. The molecule has 2 N–H and O–H groups in total. The lowest BCUT2D eigenvalue weighted by Crippen LogP contribution is -2.53. The maximum atomic E-state index is 14.6. The molecule has 308 valence electrons. The van der Waals surface area contributed by atoms with Crippen molar-refractivity contribution in [2.75, 3.05) is 34.7 Å². The predicted octanol–water partition coefficient (Wildman–Crippen LogP) is 3.97. The van der Waals surface area contributed by atoms with Crippen LogP contribution in [0.25, 0.3) is 11.0 Å². The maximum absolute atomic E-state index is 14.6. The van der Waals surface area contributed by atoms with Gasteiger partial charge in [0.05, 0.1) is 29.1 Å². The number of hydrogen-bond donors (Lipinski definition) is 2. The molecular formula is C39H57N7O9S. The van der Waals surface area contributed by atoms with Gasteiger partial charge in [-0.15, -0.1) is 0 Å². The van der Waals surface area contributed by atoms with Crippen LogP contribution in [0.1, 0.15) is 102 Å². The molecule has 1 saturated carbocycles. The molecule has 56 heavy (non-hydrogen) atoms. The monoisotopic (exact) mass is 799 g/mol. The number of hydrogen-bond acceptors (Lipinski definition) is 10. The van der Waals surface area contributed by atoms with Crippen molar-refractivity contribution in [3.63, 3.8) is 0 Å². The van der Waals surface area contributed by atoms with E-state index >= 15 is 0 Å². The molecule has 3 aliphatic rings. The number of ether oxygens (including phenoxy) is 2. The summed E-state index contributed by atoms with van der Waals surface area (Å²) in [6, 6.07) is 3.31. The number of nitrogens with zero attached hydrogens (tertiary/aromatic N) is 5. The largest absolute Gasteiger partial charge is 0.459 e. The van der Waals surface area contributed by atoms with Crippen LogP contribution in [0.3, 0.4) is 0 Å². The number of aromatic nitrogens is 2. The minimum atomic E-state index is -4.15. The number of benzene rings is 1. The SMILES string of the molecule is CC(C)n1c(O[C@@H]2C[C@H]3C(=O)C[C@]4(C(=O)NS(=O)(=O)N(C)C)C[C@H]4/C=C\CCCCC[C@H](NC(=O)OC(C)(C)C)C(=O)N3C2)nc2c(C(=O)N(C)C)cccc21. The maximum Gasteiger partial charge on any atom is 0.408 e. The molecule has 0 radical (unpaired) electrons. The number of para-hydroxylation sites is 1. The predicted molar refractivity (Wildman–Crippen MR) is 209 cm³/mol. The highest BCUT2D eigenvalue weighted by molar-refractivity contribution is 7.87. The Morgan fingerprint density at radius 2 is 1.77 bits per heavy atom. The van der Waals surface area contributed by atoms with Gasteiger partial charge in [-0.25, -0.2) is 9.52 Å². The van der Waals surface area contributed by atoms with Crippen LogP contribution in [0.15, 0.2) is 30.4 Å². The first-order valence-corrected chi connectivity index (χ1v) is 20.7. The van der Waals surface area contributed by atoms with Gasteiger partial charge in [-0.3, -0.25) is 23.7 Å². The van der Waals surface area contributed by atoms with Crippen LogP contribution in [0.5, 0.6) is 6.01 Å². The first-order chi connectivity index (χ1) is 26.1. The number of alkyl carbamates (subject to hydrolysis) is 1. The number of carbonyl (C=O) groups excluding carboxylic acids is 5. The number of carbonyl (C=O) groups is 5. The molecule has 0 bridgehead atoms. The van der Waals surface area contributed by atoms with E-state index in [2.05, 4.69) is 10.0 Å². The van der Waals surface area contributed by atoms with E-state index in [4.69, 9.17) is 14.5 Å². The van der Waals surface area contributed by atoms with Crippen LogP contribution in [0.4, 0.5) is 4.79 Å². The molecule has 2 aliphatic heterocycles. The van der Waals surface area contributed by atoms with Gasteiger partial charge in [-0.2, -0.15) is 17.7 Å². The topological polar surface area (TPSA) is 190 Å². The smallest absolute Gasteiger partial charge is 0.408 e. The lowest BCUT2D eigenvalue weighted by Gasteiger charge is -2.30. The van der Waals surface area contributed by atoms with Gasteiger partial charge < -0.3 is 24.6 Å². The Morgan fingerprint density at radius 3 is 2.41 bits per heavy atom. The van der Waals surface area contributed by atoms with Crippen LogP contribution in [0.2, 0.25) is 0 Å². The summed E-state index contributed by atoms with van der Waals surface area (Å²) < 4.78 is 42.5. The fraction of sp³-hybridized carbons (Fsp3) is 0.641. The molecule has 17 heteroatoms. The Morgan fingerprint density at radius 1 is 1.05 bits per heavy atom. The van der Waals surface area contributed by atoms with Crippen molar-refractivity contribution >= 4 is 50.8 Å². The summed E-state index contributed by atoms with van der Waals surface area (Å²) in [6.45, 7) is 9.04. The minimum absolute atomic E-state index is 0.0376. The molecule has 1 saturated heterocycles. The normalized spacial score (nSPS) is 25.5. The van der Waals surface area contributed by atoms with Gasteiger partial charge in [0.2, 0.25) is 11.8 Å². The van der Waals surface area contributed by atoms with E-state index < -0.39 is 63.1 Å². The third-order valence-corrected chi connectivity index (χ3v) is 11.9. The first-order valence-electron chi connectivity index (χ1n) is 19.3. The van der Waals surface area contributed by atoms with Crippen molar-refractivity contribution in [1.82, 2.24) is 33.7 Å². The van der Waals surface area contributed by atoms with Gasteiger partial charge in [0.25, 0.3) is 11.9 Å². The Kier molecular flexibility index (Phi) is 12.6. The second kappa shape index (κ2) is 16.5. The van der Waals surface area contributed by atoms with Gasteiger partial charge in [0, 0.05) is 47.1 Å². The van der Waals surface area contributed by atoms with Crippen molar-refractivity contribution in [3.05, 3.63) is 35.9 Å². The number of imidazole rings is 1. The summed E-state index contributed by atoms with van der Waals surface area (Å²) in [6.07, 6.45) is 5.45. The van der Waals surface area contributed by atoms with E-state index in [0.29, 0.717) is 35.9 Å². The van der Waals surface area contributed by atoms with E-state index in [1.807, 2.05) is 36.6 Å². The number of amides is 4. The lowest BCUT2D eigenvalue weighted by molar-refractivity contribution is -0.140. The van der Waals surface area contributed by atoms with E-state index in [-0.39, 0.29) is 49.7 Å². The zero-order valence-electron chi connectivity index (χ0n) is 34.0. The Balaban J connectivity index is 1.53. The third kappa shape index (κ3) is 9.36. The second-order valence-corrected chi connectivity index (χ2v) is 18.7. The van der Waals surface area contributed by atoms with E-state index in [1.54, 1.807) is 47.0 Å². The summed E-state index contributed by atoms with van der Waals surface area (Å²) in [5, 5.41) is 2.75. The van der Waals surface area contributed by atoms with Gasteiger partial charge in [0.15, 0.2) is 5.78 Å². The Labute approximate surface area is 329 Å². The zero-order chi connectivity index (χ0) is 41.3. The summed E-state index contributed by atoms with van der Waals surface area (Å²) in [4.78, 5) is 76.7. The van der Waals surface area contributed by atoms with Crippen LogP contribution in [-0.2, 0) is 29.3 Å². The molecule has 5 rings (SSSR count). The number of ketones is 1. The summed E-state index contributed by atoms with van der Waals surface area (Å²) >= 11 is 0. The zero-order valence-corrected chi connectivity index (χ0v) is 34.8. The van der Waals surface area contributed by atoms with E-state index in [9.17, 15) is 32.4 Å². The molecule has 0 spiro atoms. The molecule has 4 amide bonds. The number of rotatable bonds is 8. The van der Waals surface area contributed by atoms with Crippen molar-refractivity contribution in [1.29, 1.82) is 0 Å². The number of nitrogens with one attached hydrogen (secondary N) is 2. The van der Waals surface area contributed by atoms with Gasteiger partial charge in [-0.05, 0) is 78.4 Å². The van der Waals surface area contributed by atoms with E-state index in [0.717, 1.165) is 17.1 Å². The van der Waals surface area contributed by atoms with Crippen molar-refractivity contribution in [3.8, 4) is 6.01 Å². The van der Waals surface area contributed by atoms with Crippen LogP contribution >= 0.6 is 0 Å². The standard InChI is InChI=1S/C39H57N7O9S/c1-24(2)46-29-19-15-17-27(33(48)43(6)7)32(29)41-36(46)54-26-20-30-31(47)22-39(35(50)42-56(52,53)44(8)9)21-25(39)16-13-11-10-12-14-18-28(34(49)45(30)23-26)40-37(51)55-38(3,4)5/h13,15-17,19,24-26,28,30H,10-12,14,18,20-23H2,1-9H3,(H,40,51)(H,42,50)/b16-13-/t25-,26-,28+,30+,39-/m1/s1. The molecular weight excluding hydrogens is 743 g/mol. The first kappa shape index (κ1) is 42.6. The highest BCUT2D eigenvalue weighted by atomic mass is 32.2. The third-order valence-electron chi connectivity index (χ3n) is 10.5. The fourth-order valence-electron chi connectivity index (χ4n) is 7.50. The minimum Gasteiger partial charge on any atom is -0.459 e. The van der Waals surface area contributed by atoms with Gasteiger partial charge in [0.1, 0.15) is 23.3 Å². The van der Waals surface area contributed by atoms with Crippen molar-refractivity contribution in [2.24, 2.45) is 11.3 Å². The molecule has 1 aliphatic carbocycles. The number of allylic oxidation sites excluding steroid dienone is 2. The summed E-state index contributed by atoms with van der Waals surface area (Å²) in [7, 11) is 1.77. The highest BCUT2D eigenvalue weighted by Crippen LogP contribution is 2.57. The molecule has 16 nitrogen and oxygen atoms in total. The molecule has 1 aromatic carbocycles. The number of Topliss-reactive ketones (excluding diaryl/α,β-unsaturated/α-hetero) is 1. The second-order valence-electron chi connectivity index (χ2n) is 16.8. The molecule has 0 unspecified atom stereocenters. The average molecular weight is 800 g/mol. The van der Waals surface area contributed by atoms with Crippen LogP contribution in [-0.4, -0.2) is 120 Å². The lowest BCUT2D eigenvalue weighted by atomic mass is 9.91. The average Bonchev–Trinajstić information content (AvgIpc) is 3.42. The Hall–Kier alpha value is -4.51. The quantitative estimate of drug-likeness (QED) is 0.370. The van der Waals surface area contributed by atoms with Crippen molar-refractivity contribution < 1.29 is 41.9 Å². The van der Waals surface area contributed by atoms with Crippen LogP contribution in [0, 0.1) is 11.3 Å². The highest BCUT2D eigenvalue weighted by Gasteiger charge is 2.61. The molecule has 1 aromatic heterocycles. The molecule has 3 heterocycles. The molecule has 2 aromatic rings. The van der Waals surface area contributed by atoms with Crippen molar-refractivity contribution in [2.45, 2.75) is 116 Å². The number of fused-ring (bicyclic) bond motifs is 3. The van der Waals surface area contributed by atoms with Gasteiger partial charge in [-0.1, -0.05) is 31.1 Å². The van der Waals surface area contributed by atoms with Crippen LogP contribution < -0.4 is 14.8 Å². The molecule has 2 fully saturated rings. The Bertz CT molecular complexity index is 1980. The van der Waals surface area contributed by atoms with E-state index in [1.165, 1.54) is 23.9 Å². The van der Waals surface area contributed by atoms with Gasteiger partial charge >= 0.3 is 16.3 Å². The molecule has 5 atom stereocenters.